The minimum absolute atomic E-state index is 0.0682. The van der Waals surface area contributed by atoms with Crippen LogP contribution in [-0.2, 0) is 4.74 Å². The first kappa shape index (κ1) is 17.3. The molecule has 1 saturated heterocycles. The van der Waals surface area contributed by atoms with Crippen LogP contribution >= 0.6 is 0 Å². The lowest BCUT2D eigenvalue weighted by atomic mass is 9.89. The zero-order valence-corrected chi connectivity index (χ0v) is 14.7. The number of rotatable bonds is 3. The van der Waals surface area contributed by atoms with Crippen LogP contribution in [0.15, 0.2) is 12.1 Å². The van der Waals surface area contributed by atoms with E-state index in [1.807, 2.05) is 46.8 Å². The van der Waals surface area contributed by atoms with Gasteiger partial charge >= 0.3 is 6.09 Å². The summed E-state index contributed by atoms with van der Waals surface area (Å²) in [5, 5.41) is 0. The van der Waals surface area contributed by atoms with Crippen molar-refractivity contribution in [3.63, 3.8) is 0 Å². The standard InChI is InChI=1S/C18H25NO4/c1-11-7-13(8-12(2)16(11)22-6)15(20)14-9-19(10-14)17(21)23-18(3,4)5/h7-8,14H,9-10H2,1-6H3. The number of carbonyl (C=O) groups is 2. The van der Waals surface area contributed by atoms with Gasteiger partial charge in [0.25, 0.3) is 0 Å². The van der Waals surface area contributed by atoms with Crippen molar-refractivity contribution < 1.29 is 19.1 Å². The lowest BCUT2D eigenvalue weighted by Gasteiger charge is -2.39. The molecule has 0 radical (unpaired) electrons. The summed E-state index contributed by atoms with van der Waals surface area (Å²) in [4.78, 5) is 26.0. The number of methoxy groups -OCH3 is 1. The van der Waals surface area contributed by atoms with Crippen LogP contribution in [0, 0.1) is 19.8 Å². The van der Waals surface area contributed by atoms with Gasteiger partial charge < -0.3 is 14.4 Å². The summed E-state index contributed by atoms with van der Waals surface area (Å²) < 4.78 is 10.6. The molecule has 1 aliphatic rings. The Kier molecular flexibility index (Phi) is 4.68. The predicted octanol–water partition coefficient (Wildman–Crippen LogP) is 3.36. The zero-order chi connectivity index (χ0) is 17.4. The Balaban J connectivity index is 2.01. The largest absolute Gasteiger partial charge is 0.496 e. The average Bonchev–Trinajstić information content (AvgIpc) is 2.34. The van der Waals surface area contributed by atoms with E-state index >= 15 is 0 Å². The minimum atomic E-state index is -0.517. The topological polar surface area (TPSA) is 55.8 Å². The second kappa shape index (κ2) is 6.22. The number of hydrogen-bond donors (Lipinski definition) is 0. The molecule has 5 nitrogen and oxygen atoms in total. The zero-order valence-electron chi connectivity index (χ0n) is 14.7. The monoisotopic (exact) mass is 319 g/mol. The Morgan fingerprint density at radius 1 is 1.13 bits per heavy atom. The Morgan fingerprint density at radius 2 is 1.65 bits per heavy atom. The van der Waals surface area contributed by atoms with Gasteiger partial charge in [-0.1, -0.05) is 0 Å². The highest BCUT2D eigenvalue weighted by molar-refractivity contribution is 6.00. The number of nitrogens with zero attached hydrogens (tertiary/aromatic N) is 1. The van der Waals surface area contributed by atoms with Crippen molar-refractivity contribution in [1.29, 1.82) is 0 Å². The molecule has 0 aliphatic carbocycles. The third kappa shape index (κ3) is 3.84. The molecule has 1 fully saturated rings. The molecule has 5 heteroatoms. The van der Waals surface area contributed by atoms with Crippen molar-refractivity contribution in [2.75, 3.05) is 20.2 Å². The molecule has 1 aromatic carbocycles. The van der Waals surface area contributed by atoms with Crippen molar-refractivity contribution >= 4 is 11.9 Å². The van der Waals surface area contributed by atoms with Crippen molar-refractivity contribution in [3.05, 3.63) is 28.8 Å². The van der Waals surface area contributed by atoms with Crippen LogP contribution in [0.3, 0.4) is 0 Å². The summed E-state index contributed by atoms with van der Waals surface area (Å²) in [5.41, 5.74) is 2.05. The normalized spacial score (nSPS) is 15.1. The Labute approximate surface area is 137 Å². The van der Waals surface area contributed by atoms with Crippen LogP contribution < -0.4 is 4.74 Å². The van der Waals surface area contributed by atoms with Gasteiger partial charge in [-0.3, -0.25) is 4.79 Å². The maximum absolute atomic E-state index is 12.6. The van der Waals surface area contributed by atoms with Gasteiger partial charge in [0, 0.05) is 18.7 Å². The van der Waals surface area contributed by atoms with E-state index in [-0.39, 0.29) is 17.8 Å². The van der Waals surface area contributed by atoms with Gasteiger partial charge in [0.05, 0.1) is 13.0 Å². The molecular weight excluding hydrogens is 294 g/mol. The first-order valence-electron chi connectivity index (χ1n) is 7.79. The number of ether oxygens (including phenoxy) is 2. The highest BCUT2D eigenvalue weighted by atomic mass is 16.6. The van der Waals surface area contributed by atoms with Crippen LogP contribution in [0.1, 0.15) is 42.3 Å². The smallest absolute Gasteiger partial charge is 0.410 e. The molecule has 0 atom stereocenters. The average molecular weight is 319 g/mol. The van der Waals surface area contributed by atoms with Crippen LogP contribution in [-0.4, -0.2) is 42.6 Å². The maximum atomic E-state index is 12.6. The van der Waals surface area contributed by atoms with Gasteiger partial charge in [0.15, 0.2) is 5.78 Å². The number of likely N-dealkylation sites (tertiary alicyclic amines) is 1. The van der Waals surface area contributed by atoms with Gasteiger partial charge in [0.2, 0.25) is 0 Å². The van der Waals surface area contributed by atoms with Crippen molar-refractivity contribution in [2.24, 2.45) is 5.92 Å². The SMILES string of the molecule is COc1c(C)cc(C(=O)C2CN(C(=O)OC(C)(C)C)C2)cc1C. The molecule has 0 bridgehead atoms. The number of hydrogen-bond acceptors (Lipinski definition) is 4. The Bertz CT molecular complexity index is 601. The third-order valence-corrected chi connectivity index (χ3v) is 3.85. The molecule has 0 N–H and O–H groups in total. The van der Waals surface area contributed by atoms with E-state index in [2.05, 4.69) is 0 Å². The first-order chi connectivity index (χ1) is 10.6. The lowest BCUT2D eigenvalue weighted by molar-refractivity contribution is 0.00148. The summed E-state index contributed by atoms with van der Waals surface area (Å²) >= 11 is 0. The van der Waals surface area contributed by atoms with E-state index in [4.69, 9.17) is 9.47 Å². The number of amides is 1. The van der Waals surface area contributed by atoms with Gasteiger partial charge in [-0.05, 0) is 57.9 Å². The summed E-state index contributed by atoms with van der Waals surface area (Å²) in [6.45, 7) is 10.2. The molecule has 1 aromatic rings. The molecule has 126 valence electrons. The molecule has 0 aromatic heterocycles. The van der Waals surface area contributed by atoms with Crippen LogP contribution in [0.4, 0.5) is 4.79 Å². The van der Waals surface area contributed by atoms with Crippen molar-refractivity contribution in [1.82, 2.24) is 4.90 Å². The molecule has 0 unspecified atom stereocenters. The third-order valence-electron chi connectivity index (χ3n) is 3.85. The number of ketones is 1. The molecular formula is C18H25NO4. The highest BCUT2D eigenvalue weighted by Crippen LogP contribution is 2.28. The fourth-order valence-electron chi connectivity index (χ4n) is 2.77. The molecule has 0 saturated carbocycles. The predicted molar refractivity (Wildman–Crippen MR) is 88.1 cm³/mol. The summed E-state index contributed by atoms with van der Waals surface area (Å²) in [7, 11) is 1.63. The molecule has 1 aliphatic heterocycles. The van der Waals surface area contributed by atoms with Gasteiger partial charge in [-0.25, -0.2) is 4.79 Å². The van der Waals surface area contributed by atoms with E-state index in [1.165, 1.54) is 0 Å². The highest BCUT2D eigenvalue weighted by Gasteiger charge is 2.38. The van der Waals surface area contributed by atoms with Gasteiger partial charge in [0.1, 0.15) is 11.4 Å². The number of benzene rings is 1. The van der Waals surface area contributed by atoms with E-state index in [0.717, 1.165) is 16.9 Å². The second-order valence-corrected chi connectivity index (χ2v) is 7.09. The molecule has 2 rings (SSSR count). The second-order valence-electron chi connectivity index (χ2n) is 7.09. The fourth-order valence-corrected chi connectivity index (χ4v) is 2.77. The first-order valence-corrected chi connectivity index (χ1v) is 7.79. The van der Waals surface area contributed by atoms with Crippen LogP contribution in [0.5, 0.6) is 5.75 Å². The number of carbonyl (C=O) groups excluding carboxylic acids is 2. The maximum Gasteiger partial charge on any atom is 0.410 e. The summed E-state index contributed by atoms with van der Waals surface area (Å²) in [6.07, 6.45) is -0.358. The van der Waals surface area contributed by atoms with Gasteiger partial charge in [-0.15, -0.1) is 0 Å². The number of Topliss-reactive ketones (excluding diaryl/α,β-unsaturated/α-hetero) is 1. The molecule has 23 heavy (non-hydrogen) atoms. The van der Waals surface area contributed by atoms with Gasteiger partial charge in [-0.2, -0.15) is 0 Å². The van der Waals surface area contributed by atoms with Crippen molar-refractivity contribution in [3.8, 4) is 5.75 Å². The van der Waals surface area contributed by atoms with Crippen LogP contribution in [0.2, 0.25) is 0 Å². The molecule has 1 amide bonds. The quantitative estimate of drug-likeness (QED) is 0.802. The fraction of sp³-hybridized carbons (Fsp3) is 0.556. The molecule has 0 spiro atoms. The van der Waals surface area contributed by atoms with Crippen molar-refractivity contribution in [2.45, 2.75) is 40.2 Å². The number of aryl methyl sites for hydroxylation is 2. The Morgan fingerprint density at radius 3 is 2.09 bits per heavy atom. The summed E-state index contributed by atoms with van der Waals surface area (Å²) in [5.74, 6) is 0.721. The van der Waals surface area contributed by atoms with E-state index in [9.17, 15) is 9.59 Å². The summed E-state index contributed by atoms with van der Waals surface area (Å²) in [6, 6.07) is 3.70. The lowest BCUT2D eigenvalue weighted by Crippen LogP contribution is -2.54. The minimum Gasteiger partial charge on any atom is -0.496 e. The Hall–Kier alpha value is -2.04. The van der Waals surface area contributed by atoms with Crippen LogP contribution in [0.25, 0.3) is 0 Å². The molecule has 1 heterocycles. The van der Waals surface area contributed by atoms with E-state index < -0.39 is 5.60 Å². The van der Waals surface area contributed by atoms with E-state index in [0.29, 0.717) is 18.7 Å². The van der Waals surface area contributed by atoms with E-state index in [1.54, 1.807) is 12.0 Å².